The molecule has 3 aromatic rings. The summed E-state index contributed by atoms with van der Waals surface area (Å²) in [6.07, 6.45) is 3.44. The minimum absolute atomic E-state index is 0.0218. The van der Waals surface area contributed by atoms with E-state index in [0.29, 0.717) is 25.5 Å². The highest BCUT2D eigenvalue weighted by Crippen LogP contribution is 2.17. The quantitative estimate of drug-likeness (QED) is 0.648. The monoisotopic (exact) mass is 404 g/mol. The summed E-state index contributed by atoms with van der Waals surface area (Å²) in [5.74, 6) is 1.51. The van der Waals surface area contributed by atoms with Gasteiger partial charge in [0.15, 0.2) is 11.6 Å². The van der Waals surface area contributed by atoms with Crippen molar-refractivity contribution in [3.8, 4) is 0 Å². The van der Waals surface area contributed by atoms with Crippen LogP contribution in [0.4, 0.5) is 17.3 Å². The van der Waals surface area contributed by atoms with E-state index in [1.165, 1.54) is 0 Å². The smallest absolute Gasteiger partial charge is 0.248 e. The number of aromatic nitrogens is 3. The van der Waals surface area contributed by atoms with Crippen molar-refractivity contribution in [2.45, 2.75) is 6.61 Å². The molecule has 154 valence electrons. The van der Waals surface area contributed by atoms with Crippen molar-refractivity contribution in [1.82, 2.24) is 20.1 Å². The number of nitrogens with one attached hydrogen (secondary N) is 1. The lowest BCUT2D eigenvalue weighted by atomic mass is 10.2. The predicted octanol–water partition coefficient (Wildman–Crippen LogP) is 2.48. The molecule has 8 nitrogen and oxygen atoms in total. The van der Waals surface area contributed by atoms with Crippen LogP contribution < -0.4 is 10.2 Å². The maximum Gasteiger partial charge on any atom is 0.248 e. The van der Waals surface area contributed by atoms with Crippen LogP contribution >= 0.6 is 0 Å². The van der Waals surface area contributed by atoms with E-state index in [9.17, 15) is 4.79 Å². The molecule has 1 aromatic carbocycles. The molecule has 0 saturated carbocycles. The number of hydrogen-bond acceptors (Lipinski definition) is 7. The highest BCUT2D eigenvalue weighted by atomic mass is 16.5. The predicted molar refractivity (Wildman–Crippen MR) is 114 cm³/mol. The van der Waals surface area contributed by atoms with Gasteiger partial charge in [-0.15, -0.1) is 10.2 Å². The topological polar surface area (TPSA) is 83.5 Å². The van der Waals surface area contributed by atoms with E-state index < -0.39 is 0 Å². The van der Waals surface area contributed by atoms with Crippen LogP contribution in [0.2, 0.25) is 0 Å². The number of piperazine rings is 1. The molecular formula is C22H24N6O2. The molecule has 1 amide bonds. The average Bonchev–Trinajstić information content (AvgIpc) is 2.81. The van der Waals surface area contributed by atoms with Crippen LogP contribution in [0.3, 0.4) is 0 Å². The third-order valence-electron chi connectivity index (χ3n) is 4.90. The first-order chi connectivity index (χ1) is 14.8. The van der Waals surface area contributed by atoms with Gasteiger partial charge < -0.3 is 19.9 Å². The molecule has 8 heteroatoms. The number of benzene rings is 1. The number of pyridine rings is 1. The van der Waals surface area contributed by atoms with Crippen LogP contribution in [0.25, 0.3) is 0 Å². The van der Waals surface area contributed by atoms with Crippen LogP contribution in [-0.2, 0) is 16.1 Å². The molecule has 2 aromatic heterocycles. The molecule has 0 bridgehead atoms. The van der Waals surface area contributed by atoms with Crippen molar-refractivity contribution < 1.29 is 9.53 Å². The minimum Gasteiger partial charge on any atom is -0.367 e. The van der Waals surface area contributed by atoms with Crippen molar-refractivity contribution in [2.75, 3.05) is 43.0 Å². The first-order valence-electron chi connectivity index (χ1n) is 9.93. The van der Waals surface area contributed by atoms with E-state index in [2.05, 4.69) is 25.4 Å². The second-order valence-corrected chi connectivity index (χ2v) is 6.98. The Balaban J connectivity index is 1.22. The van der Waals surface area contributed by atoms with E-state index in [1.807, 2.05) is 59.5 Å². The summed E-state index contributed by atoms with van der Waals surface area (Å²) >= 11 is 0. The Hall–Kier alpha value is -3.52. The van der Waals surface area contributed by atoms with Gasteiger partial charge >= 0.3 is 0 Å². The number of carbonyl (C=O) groups excluding carboxylic acids is 1. The fourth-order valence-corrected chi connectivity index (χ4v) is 3.25. The van der Waals surface area contributed by atoms with Gasteiger partial charge in [0.2, 0.25) is 5.91 Å². The van der Waals surface area contributed by atoms with Gasteiger partial charge in [-0.25, -0.2) is 0 Å². The minimum atomic E-state index is 0.0218. The first-order valence-corrected chi connectivity index (χ1v) is 9.93. The number of rotatable bonds is 7. The number of carbonyl (C=O) groups is 1. The fraction of sp³-hybridized carbons (Fsp3) is 0.273. The van der Waals surface area contributed by atoms with Crippen LogP contribution in [0.15, 0.2) is 67.0 Å². The van der Waals surface area contributed by atoms with Crippen molar-refractivity contribution in [3.05, 3.63) is 72.6 Å². The highest BCUT2D eigenvalue weighted by molar-refractivity contribution is 5.77. The summed E-state index contributed by atoms with van der Waals surface area (Å²) in [7, 11) is 0. The van der Waals surface area contributed by atoms with E-state index in [4.69, 9.17) is 4.74 Å². The molecule has 1 aliphatic heterocycles. The van der Waals surface area contributed by atoms with Gasteiger partial charge in [0.25, 0.3) is 0 Å². The number of anilines is 3. The lowest BCUT2D eigenvalue weighted by Gasteiger charge is -2.35. The van der Waals surface area contributed by atoms with E-state index in [-0.39, 0.29) is 12.5 Å². The molecular weight excluding hydrogens is 380 g/mol. The Morgan fingerprint density at radius 1 is 0.933 bits per heavy atom. The van der Waals surface area contributed by atoms with E-state index in [1.54, 1.807) is 12.4 Å². The highest BCUT2D eigenvalue weighted by Gasteiger charge is 2.22. The SMILES string of the molecule is O=C(COCc1ccccc1)N1CCN(c2ccc(Nc3ccncc3)nn2)CC1. The summed E-state index contributed by atoms with van der Waals surface area (Å²) in [6, 6.07) is 17.4. The van der Waals surface area contributed by atoms with E-state index >= 15 is 0 Å². The van der Waals surface area contributed by atoms with Gasteiger partial charge in [-0.2, -0.15) is 0 Å². The average molecular weight is 404 g/mol. The number of amides is 1. The summed E-state index contributed by atoms with van der Waals surface area (Å²) in [6.45, 7) is 3.27. The molecule has 1 N–H and O–H groups in total. The van der Waals surface area contributed by atoms with Crippen LogP contribution in [0, 0.1) is 0 Å². The lowest BCUT2D eigenvalue weighted by molar-refractivity contribution is -0.136. The molecule has 3 heterocycles. The summed E-state index contributed by atoms with van der Waals surface area (Å²) in [4.78, 5) is 20.4. The second-order valence-electron chi connectivity index (χ2n) is 6.98. The molecule has 0 atom stereocenters. The van der Waals surface area contributed by atoms with Crippen molar-refractivity contribution in [2.24, 2.45) is 0 Å². The molecule has 0 aliphatic carbocycles. The zero-order valence-electron chi connectivity index (χ0n) is 16.6. The van der Waals surface area contributed by atoms with Crippen molar-refractivity contribution in [3.63, 3.8) is 0 Å². The zero-order chi connectivity index (χ0) is 20.6. The number of hydrogen-bond donors (Lipinski definition) is 1. The van der Waals surface area contributed by atoms with Crippen molar-refractivity contribution >= 4 is 23.2 Å². The van der Waals surface area contributed by atoms with Gasteiger partial charge in [-0.3, -0.25) is 9.78 Å². The van der Waals surface area contributed by atoms with Crippen LogP contribution in [-0.4, -0.2) is 58.8 Å². The summed E-state index contributed by atoms with van der Waals surface area (Å²) in [5.41, 5.74) is 1.98. The van der Waals surface area contributed by atoms with Gasteiger partial charge in [0.05, 0.1) is 6.61 Å². The molecule has 30 heavy (non-hydrogen) atoms. The standard InChI is InChI=1S/C22H24N6O2/c29-22(17-30-16-18-4-2-1-3-5-18)28-14-12-27(13-15-28)21-7-6-20(25-26-21)24-19-8-10-23-11-9-19/h1-11H,12-17H2,(H,23,24,25). The maximum atomic E-state index is 12.4. The first kappa shape index (κ1) is 19.8. The lowest BCUT2D eigenvalue weighted by Crippen LogP contribution is -2.50. The Morgan fingerprint density at radius 3 is 2.40 bits per heavy atom. The van der Waals surface area contributed by atoms with E-state index in [0.717, 1.165) is 30.2 Å². The normalized spacial score (nSPS) is 13.9. The molecule has 1 fully saturated rings. The number of nitrogens with zero attached hydrogens (tertiary/aromatic N) is 5. The number of ether oxygens (including phenoxy) is 1. The van der Waals surface area contributed by atoms with Gasteiger partial charge in [-0.05, 0) is 29.8 Å². The Bertz CT molecular complexity index is 929. The Labute approximate surface area is 175 Å². The largest absolute Gasteiger partial charge is 0.367 e. The third kappa shape index (κ3) is 5.30. The molecule has 1 saturated heterocycles. The molecule has 1 aliphatic rings. The van der Waals surface area contributed by atoms with Gasteiger partial charge in [0, 0.05) is 44.3 Å². The Kier molecular flexibility index (Phi) is 6.46. The zero-order valence-corrected chi connectivity index (χ0v) is 16.6. The molecule has 0 radical (unpaired) electrons. The van der Waals surface area contributed by atoms with Crippen LogP contribution in [0.5, 0.6) is 0 Å². The summed E-state index contributed by atoms with van der Waals surface area (Å²) in [5, 5.41) is 11.8. The van der Waals surface area contributed by atoms with Gasteiger partial charge in [0.1, 0.15) is 6.61 Å². The van der Waals surface area contributed by atoms with Crippen molar-refractivity contribution in [1.29, 1.82) is 0 Å². The third-order valence-corrected chi connectivity index (χ3v) is 4.90. The van der Waals surface area contributed by atoms with Crippen LogP contribution in [0.1, 0.15) is 5.56 Å². The second kappa shape index (κ2) is 9.80. The molecule has 0 spiro atoms. The summed E-state index contributed by atoms with van der Waals surface area (Å²) < 4.78 is 5.57. The molecule has 4 rings (SSSR count). The molecule has 0 unspecified atom stereocenters. The fourth-order valence-electron chi connectivity index (χ4n) is 3.25. The van der Waals surface area contributed by atoms with Gasteiger partial charge in [-0.1, -0.05) is 30.3 Å². The Morgan fingerprint density at radius 2 is 1.70 bits per heavy atom. The maximum absolute atomic E-state index is 12.4.